The van der Waals surface area contributed by atoms with Crippen molar-refractivity contribution in [3.63, 3.8) is 0 Å². The van der Waals surface area contributed by atoms with Crippen LogP contribution in [0.3, 0.4) is 0 Å². The third-order valence-electron chi connectivity index (χ3n) is 13.0. The van der Waals surface area contributed by atoms with E-state index in [2.05, 4.69) is 72.8 Å². The number of rotatable bonds is 2. The van der Waals surface area contributed by atoms with Crippen LogP contribution in [-0.2, 0) is 0 Å². The van der Waals surface area contributed by atoms with E-state index in [0.29, 0.717) is 28.2 Å². The molecule has 0 amide bonds. The van der Waals surface area contributed by atoms with Crippen LogP contribution in [0.4, 0.5) is 34.1 Å². The summed E-state index contributed by atoms with van der Waals surface area (Å²) in [7, 11) is 0. The van der Waals surface area contributed by atoms with Crippen molar-refractivity contribution in [3.8, 4) is 0 Å². The number of para-hydroxylation sites is 1. The first-order chi connectivity index (χ1) is 34.5. The third kappa shape index (κ3) is 4.47. The van der Waals surface area contributed by atoms with Gasteiger partial charge < -0.3 is 9.80 Å². The van der Waals surface area contributed by atoms with Gasteiger partial charge in [0.05, 0.1) is 13.7 Å². The van der Waals surface area contributed by atoms with Gasteiger partial charge in [-0.3, -0.25) is 0 Å². The monoisotopic (exact) mass is 780 g/mol. The Balaban J connectivity index is 1.15. The highest BCUT2D eigenvalue weighted by atomic mass is 15.2. The Hall–Kier alpha value is -7.88. The zero-order valence-electron chi connectivity index (χ0n) is 42.4. The molecule has 2 nitrogen and oxygen atoms in total. The molecule has 0 spiro atoms. The summed E-state index contributed by atoms with van der Waals surface area (Å²) in [4.78, 5) is 3.86. The summed E-state index contributed by atoms with van der Waals surface area (Å²) in [5, 5.41) is 12.4. The number of anilines is 6. The van der Waals surface area contributed by atoms with Gasteiger partial charge in [-0.15, -0.1) is 0 Å². The van der Waals surface area contributed by atoms with Crippen molar-refractivity contribution in [2.75, 3.05) is 9.80 Å². The standard InChI is InChI=1S/C58H35BN2/c1-2-15-39-36(14-1)28-33-53-58(39)61(38-30-32-49-45-21-6-4-17-41(45)43-19-8-10-23-47(43)51(49)35-38)56-27-13-26-55-57(56)59(53)52-24-11-12-25-54(52)60(55)37-29-31-48-44-20-5-3-16-40(44)42-18-7-9-22-46(42)50(48)34-37/h1-35H/i1D,2D,11D,12D,14D,15D,24D,25D,28D,33D. The number of nitrogens with zero attached hydrogens (tertiary/aromatic N) is 2. The van der Waals surface area contributed by atoms with Gasteiger partial charge in [-0.05, 0) is 129 Å². The Labute approximate surface area is 367 Å². The molecule has 0 aliphatic carbocycles. The summed E-state index contributed by atoms with van der Waals surface area (Å²) in [5.74, 6) is 0. The molecule has 2 aliphatic rings. The predicted molar refractivity (Wildman–Crippen MR) is 263 cm³/mol. The Morgan fingerprint density at radius 2 is 0.787 bits per heavy atom. The van der Waals surface area contributed by atoms with Crippen LogP contribution in [0.1, 0.15) is 13.7 Å². The topological polar surface area (TPSA) is 6.48 Å². The van der Waals surface area contributed by atoms with Gasteiger partial charge in [-0.25, -0.2) is 0 Å². The molecule has 2 heterocycles. The van der Waals surface area contributed by atoms with Crippen LogP contribution in [0.2, 0.25) is 0 Å². The molecule has 0 bridgehead atoms. The lowest BCUT2D eigenvalue weighted by atomic mass is 9.33. The fourth-order valence-electron chi connectivity index (χ4n) is 10.6. The summed E-state index contributed by atoms with van der Waals surface area (Å²) < 4.78 is 94.1. The average Bonchev–Trinajstić information content (AvgIpc) is 3.41. The maximum absolute atomic E-state index is 10.0. The zero-order valence-corrected chi connectivity index (χ0v) is 32.4. The summed E-state index contributed by atoms with van der Waals surface area (Å²) in [5.41, 5.74) is 3.95. The van der Waals surface area contributed by atoms with Crippen LogP contribution in [0.25, 0.3) is 75.4 Å². The van der Waals surface area contributed by atoms with Crippen molar-refractivity contribution in [1.82, 2.24) is 0 Å². The highest BCUT2D eigenvalue weighted by Gasteiger charge is 2.43. The Morgan fingerprint density at radius 3 is 1.36 bits per heavy atom. The van der Waals surface area contributed by atoms with Crippen LogP contribution in [-0.4, -0.2) is 6.71 Å². The van der Waals surface area contributed by atoms with Crippen molar-refractivity contribution in [1.29, 1.82) is 0 Å². The highest BCUT2D eigenvalue weighted by molar-refractivity contribution is 7.00. The Morgan fingerprint density at radius 1 is 0.328 bits per heavy atom. The molecule has 12 aromatic carbocycles. The molecule has 3 heteroatoms. The molecule has 14 rings (SSSR count). The van der Waals surface area contributed by atoms with Gasteiger partial charge >= 0.3 is 0 Å². The van der Waals surface area contributed by atoms with E-state index in [1.807, 2.05) is 88.7 Å². The van der Waals surface area contributed by atoms with E-state index in [-0.39, 0.29) is 57.2 Å². The molecule has 61 heavy (non-hydrogen) atoms. The Kier molecular flexibility index (Phi) is 5.03. The van der Waals surface area contributed by atoms with Crippen molar-refractivity contribution in [2.45, 2.75) is 0 Å². The van der Waals surface area contributed by atoms with Gasteiger partial charge in [0.1, 0.15) is 0 Å². The third-order valence-corrected chi connectivity index (χ3v) is 13.0. The second-order valence-electron chi connectivity index (χ2n) is 16.0. The maximum Gasteiger partial charge on any atom is 0.252 e. The molecule has 0 unspecified atom stereocenters. The number of hydrogen-bond donors (Lipinski definition) is 0. The molecule has 12 aromatic rings. The first kappa shape index (κ1) is 24.9. The van der Waals surface area contributed by atoms with Gasteiger partial charge in [0.25, 0.3) is 6.71 Å². The molecular weight excluding hydrogens is 735 g/mol. The summed E-state index contributed by atoms with van der Waals surface area (Å²) in [6, 6.07) is 47.1. The molecule has 280 valence electrons. The fraction of sp³-hybridized carbons (Fsp3) is 0. The van der Waals surface area contributed by atoms with Crippen LogP contribution in [0.5, 0.6) is 0 Å². The van der Waals surface area contributed by atoms with Crippen LogP contribution in [0.15, 0.2) is 212 Å². The fourth-order valence-corrected chi connectivity index (χ4v) is 10.6. The zero-order chi connectivity index (χ0) is 48.5. The van der Waals surface area contributed by atoms with Crippen molar-refractivity contribution < 1.29 is 13.7 Å². The molecule has 0 atom stereocenters. The lowest BCUT2D eigenvalue weighted by Crippen LogP contribution is -2.61. The summed E-state index contributed by atoms with van der Waals surface area (Å²) in [6.07, 6.45) is 0. The molecule has 0 saturated carbocycles. The van der Waals surface area contributed by atoms with Gasteiger partial charge in [-0.2, -0.15) is 0 Å². The molecule has 0 fully saturated rings. The summed E-state index contributed by atoms with van der Waals surface area (Å²) >= 11 is 0. The minimum Gasteiger partial charge on any atom is -0.311 e. The highest BCUT2D eigenvalue weighted by Crippen LogP contribution is 2.48. The quantitative estimate of drug-likeness (QED) is 0.127. The largest absolute Gasteiger partial charge is 0.311 e. The van der Waals surface area contributed by atoms with E-state index in [9.17, 15) is 9.60 Å². The van der Waals surface area contributed by atoms with E-state index in [4.69, 9.17) is 4.11 Å². The maximum atomic E-state index is 10.0. The second-order valence-corrected chi connectivity index (χ2v) is 16.0. The van der Waals surface area contributed by atoms with E-state index in [1.165, 1.54) is 0 Å². The lowest BCUT2D eigenvalue weighted by Gasteiger charge is -2.44. The minimum atomic E-state index is -1.07. The van der Waals surface area contributed by atoms with Crippen molar-refractivity contribution in [3.05, 3.63) is 212 Å². The molecule has 0 N–H and O–H groups in total. The molecule has 0 saturated heterocycles. The van der Waals surface area contributed by atoms with Crippen LogP contribution in [0, 0.1) is 0 Å². The van der Waals surface area contributed by atoms with E-state index in [0.717, 1.165) is 64.6 Å². The van der Waals surface area contributed by atoms with Gasteiger partial charge in [0.15, 0.2) is 0 Å². The lowest BCUT2D eigenvalue weighted by molar-refractivity contribution is 1.26. The first-order valence-electron chi connectivity index (χ1n) is 25.5. The molecule has 0 radical (unpaired) electrons. The van der Waals surface area contributed by atoms with E-state index in [1.54, 1.807) is 0 Å². The van der Waals surface area contributed by atoms with E-state index < -0.39 is 43.0 Å². The molecule has 0 aromatic heterocycles. The number of fused-ring (bicyclic) bond motifs is 18. The minimum absolute atomic E-state index is 0.0463. The van der Waals surface area contributed by atoms with Gasteiger partial charge in [0, 0.05) is 39.5 Å². The smallest absolute Gasteiger partial charge is 0.252 e. The Bertz CT molecular complexity index is 4390. The van der Waals surface area contributed by atoms with Crippen molar-refractivity contribution in [2.24, 2.45) is 0 Å². The summed E-state index contributed by atoms with van der Waals surface area (Å²) in [6.45, 7) is -1.07. The van der Waals surface area contributed by atoms with E-state index >= 15 is 0 Å². The average molecular weight is 781 g/mol. The normalized spacial score (nSPS) is 15.4. The van der Waals surface area contributed by atoms with Gasteiger partial charge in [-0.1, -0.05) is 170 Å². The second kappa shape index (κ2) is 12.3. The number of benzene rings is 12. The number of hydrogen-bond acceptors (Lipinski definition) is 2. The van der Waals surface area contributed by atoms with Crippen LogP contribution < -0.4 is 26.2 Å². The van der Waals surface area contributed by atoms with Gasteiger partial charge in [0.2, 0.25) is 0 Å². The van der Waals surface area contributed by atoms with Crippen LogP contribution >= 0.6 is 0 Å². The predicted octanol–water partition coefficient (Wildman–Crippen LogP) is 13.8. The first-order valence-corrected chi connectivity index (χ1v) is 20.5. The SMILES string of the molecule is [2H]c1c([2H])c([2H])c2c(c1[2H])B1c3c(cccc3N(c3ccc4c5ccccc5c5ccccc5c4c3)c3c1c([2H])c([2H])c1c([2H])c([2H])c([2H])c([2H])c31)N2c1ccc2c3ccccc3c3ccccc3c2c1. The van der Waals surface area contributed by atoms with Crippen molar-refractivity contribution >= 4 is 133 Å². The molecular formula is C58H35BN2. The molecule has 2 aliphatic heterocycles.